The molecule has 0 aromatic heterocycles. The maximum Gasteiger partial charge on any atom is 0.307 e. The highest BCUT2D eigenvalue weighted by molar-refractivity contribution is 5.88. The first-order valence-corrected chi connectivity index (χ1v) is 11.2. The van der Waals surface area contributed by atoms with Gasteiger partial charge in [0.05, 0.1) is 6.42 Å². The van der Waals surface area contributed by atoms with Gasteiger partial charge in [-0.25, -0.2) is 0 Å². The second-order valence-electron chi connectivity index (χ2n) is 9.78. The maximum absolute atomic E-state index is 12.4. The van der Waals surface area contributed by atoms with Gasteiger partial charge in [-0.15, -0.1) is 0 Å². The molecule has 1 spiro atoms. The molecule has 3 aliphatic rings. The molecular formula is C26H29NO4. The van der Waals surface area contributed by atoms with Crippen LogP contribution in [0.5, 0.6) is 0 Å². The molecule has 5 heteroatoms. The van der Waals surface area contributed by atoms with E-state index in [4.69, 9.17) is 5.11 Å². The zero-order chi connectivity index (χ0) is 21.8. The van der Waals surface area contributed by atoms with Crippen LogP contribution in [0.3, 0.4) is 0 Å². The van der Waals surface area contributed by atoms with Gasteiger partial charge in [-0.05, 0) is 78.2 Å². The van der Waals surface area contributed by atoms with Crippen molar-refractivity contribution >= 4 is 11.9 Å². The molecule has 0 bridgehead atoms. The molecule has 0 radical (unpaired) electrons. The van der Waals surface area contributed by atoms with Crippen molar-refractivity contribution in [1.29, 1.82) is 0 Å². The molecule has 1 atom stereocenters. The van der Waals surface area contributed by atoms with Crippen LogP contribution in [-0.4, -0.2) is 45.7 Å². The lowest BCUT2D eigenvalue weighted by Crippen LogP contribution is -2.45. The molecule has 2 aromatic rings. The molecule has 0 unspecified atom stereocenters. The van der Waals surface area contributed by atoms with Crippen LogP contribution < -0.4 is 0 Å². The van der Waals surface area contributed by atoms with Crippen molar-refractivity contribution in [2.45, 2.75) is 57.0 Å². The Morgan fingerprint density at radius 3 is 2.29 bits per heavy atom. The third-order valence-corrected chi connectivity index (χ3v) is 7.63. The van der Waals surface area contributed by atoms with E-state index in [-0.39, 0.29) is 12.3 Å². The van der Waals surface area contributed by atoms with E-state index in [1.165, 1.54) is 12.0 Å². The highest BCUT2D eigenvalue weighted by atomic mass is 16.4. The van der Waals surface area contributed by atoms with Gasteiger partial charge in [0.15, 0.2) is 0 Å². The first kappa shape index (κ1) is 20.3. The molecule has 162 valence electrons. The van der Waals surface area contributed by atoms with E-state index in [1.54, 1.807) is 0 Å². The lowest BCUT2D eigenvalue weighted by Gasteiger charge is -2.34. The lowest BCUT2D eigenvalue weighted by atomic mass is 9.88. The fourth-order valence-electron chi connectivity index (χ4n) is 5.38. The number of carboxylic acid groups (broad SMARTS) is 1. The minimum atomic E-state index is -1.05. The Hall–Kier alpha value is -2.66. The Bertz CT molecular complexity index is 1030. The Kier molecular flexibility index (Phi) is 4.70. The summed E-state index contributed by atoms with van der Waals surface area (Å²) in [6.07, 6.45) is 4.50. The van der Waals surface area contributed by atoms with Gasteiger partial charge in [-0.2, -0.15) is 0 Å². The van der Waals surface area contributed by atoms with Crippen LogP contribution in [0.25, 0.3) is 11.1 Å². The van der Waals surface area contributed by atoms with Gasteiger partial charge in [0.25, 0.3) is 5.91 Å². The van der Waals surface area contributed by atoms with Crippen LogP contribution in [0.15, 0.2) is 42.5 Å². The first-order valence-electron chi connectivity index (χ1n) is 11.2. The van der Waals surface area contributed by atoms with Gasteiger partial charge >= 0.3 is 5.97 Å². The number of carboxylic acids is 1. The lowest BCUT2D eigenvalue weighted by molar-refractivity contribution is -0.144. The van der Waals surface area contributed by atoms with E-state index < -0.39 is 11.6 Å². The maximum atomic E-state index is 12.4. The SMILES string of the molecule is Cc1cc(CC(=O)O)ccc1-c1ccc([C@H]2CC23CCN(C(=O)C2(O)CC2)CC3)cc1. The molecular weight excluding hydrogens is 390 g/mol. The predicted octanol–water partition coefficient (Wildman–Crippen LogP) is 3.91. The third-order valence-electron chi connectivity index (χ3n) is 7.63. The number of nitrogens with zero attached hydrogens (tertiary/aromatic N) is 1. The number of aliphatic carboxylic acids is 1. The Morgan fingerprint density at radius 2 is 1.71 bits per heavy atom. The number of hydrogen-bond acceptors (Lipinski definition) is 3. The van der Waals surface area contributed by atoms with Crippen LogP contribution in [0, 0.1) is 12.3 Å². The number of aliphatic hydroxyl groups is 1. The number of amides is 1. The van der Waals surface area contributed by atoms with Crippen molar-refractivity contribution in [3.8, 4) is 11.1 Å². The average molecular weight is 420 g/mol. The number of carbonyl (C=O) groups excluding carboxylic acids is 1. The molecule has 2 saturated carbocycles. The van der Waals surface area contributed by atoms with Crippen molar-refractivity contribution in [2.24, 2.45) is 5.41 Å². The molecule has 3 fully saturated rings. The summed E-state index contributed by atoms with van der Waals surface area (Å²) in [6.45, 7) is 3.55. The second-order valence-corrected chi connectivity index (χ2v) is 9.78. The van der Waals surface area contributed by atoms with Crippen molar-refractivity contribution in [2.75, 3.05) is 13.1 Å². The average Bonchev–Trinajstić information content (AvgIpc) is 3.66. The number of rotatable bonds is 5. The van der Waals surface area contributed by atoms with E-state index in [0.29, 0.717) is 24.2 Å². The predicted molar refractivity (Wildman–Crippen MR) is 118 cm³/mol. The summed E-state index contributed by atoms with van der Waals surface area (Å²) in [7, 11) is 0. The van der Waals surface area contributed by atoms with Crippen LogP contribution >= 0.6 is 0 Å². The summed E-state index contributed by atoms with van der Waals surface area (Å²) < 4.78 is 0. The number of benzene rings is 2. The number of likely N-dealkylation sites (tertiary alicyclic amines) is 1. The van der Waals surface area contributed by atoms with E-state index in [1.807, 2.05) is 30.0 Å². The van der Waals surface area contributed by atoms with E-state index in [0.717, 1.165) is 48.2 Å². The van der Waals surface area contributed by atoms with Gasteiger partial charge in [-0.3, -0.25) is 9.59 Å². The molecule has 5 rings (SSSR count). The minimum absolute atomic E-state index is 0.0478. The molecule has 31 heavy (non-hydrogen) atoms. The zero-order valence-corrected chi connectivity index (χ0v) is 17.9. The summed E-state index contributed by atoms with van der Waals surface area (Å²) >= 11 is 0. The number of carbonyl (C=O) groups is 2. The van der Waals surface area contributed by atoms with Crippen LogP contribution in [0.4, 0.5) is 0 Å². The number of piperidine rings is 1. The molecule has 5 nitrogen and oxygen atoms in total. The number of aryl methyl sites for hydroxylation is 1. The fraction of sp³-hybridized carbons (Fsp3) is 0.462. The summed E-state index contributed by atoms with van der Waals surface area (Å²) in [5.74, 6) is -0.316. The Balaban J connectivity index is 1.24. The standard InChI is InChI=1S/C26H29NO4/c1-17-14-18(15-23(28)29)2-7-21(17)19-3-5-20(6-4-19)22-16-25(22)10-12-27(13-11-25)24(30)26(31)8-9-26/h2-7,14,22,31H,8-13,15-16H2,1H3,(H,28,29)/t22-/m1/s1. The smallest absolute Gasteiger partial charge is 0.307 e. The van der Waals surface area contributed by atoms with Crippen molar-refractivity contribution < 1.29 is 19.8 Å². The molecule has 1 aliphatic heterocycles. The quantitative estimate of drug-likeness (QED) is 0.770. The van der Waals surface area contributed by atoms with Crippen molar-refractivity contribution in [3.63, 3.8) is 0 Å². The van der Waals surface area contributed by atoms with Gasteiger partial charge < -0.3 is 15.1 Å². The summed E-state index contributed by atoms with van der Waals surface area (Å²) in [5, 5.41) is 19.1. The highest BCUT2D eigenvalue weighted by Crippen LogP contribution is 2.65. The minimum Gasteiger partial charge on any atom is -0.481 e. The van der Waals surface area contributed by atoms with Crippen molar-refractivity contribution in [3.05, 3.63) is 59.2 Å². The van der Waals surface area contributed by atoms with Crippen molar-refractivity contribution in [1.82, 2.24) is 4.90 Å². The molecule has 1 heterocycles. The summed E-state index contributed by atoms with van der Waals surface area (Å²) in [5.41, 5.74) is 4.83. The number of hydrogen-bond donors (Lipinski definition) is 2. The topological polar surface area (TPSA) is 77.8 Å². The van der Waals surface area contributed by atoms with Crippen LogP contribution in [0.1, 0.15) is 54.7 Å². The van der Waals surface area contributed by atoms with Crippen LogP contribution in [0.2, 0.25) is 0 Å². The zero-order valence-electron chi connectivity index (χ0n) is 17.9. The van der Waals surface area contributed by atoms with Gasteiger partial charge in [-0.1, -0.05) is 42.5 Å². The molecule has 1 saturated heterocycles. The second kappa shape index (κ2) is 7.20. The van der Waals surface area contributed by atoms with E-state index in [2.05, 4.69) is 24.3 Å². The van der Waals surface area contributed by atoms with Gasteiger partial charge in [0.2, 0.25) is 0 Å². The summed E-state index contributed by atoms with van der Waals surface area (Å²) in [4.78, 5) is 25.2. The van der Waals surface area contributed by atoms with Gasteiger partial charge in [0.1, 0.15) is 5.60 Å². The normalized spacial score (nSPS) is 22.9. The molecule has 2 N–H and O–H groups in total. The van der Waals surface area contributed by atoms with Crippen LogP contribution in [-0.2, 0) is 16.0 Å². The van der Waals surface area contributed by atoms with E-state index in [9.17, 15) is 14.7 Å². The van der Waals surface area contributed by atoms with E-state index >= 15 is 0 Å². The summed E-state index contributed by atoms with van der Waals surface area (Å²) in [6, 6.07) is 14.7. The molecule has 1 amide bonds. The monoisotopic (exact) mass is 419 g/mol. The Morgan fingerprint density at radius 1 is 1.03 bits per heavy atom. The molecule has 2 aliphatic carbocycles. The Labute approximate surface area is 182 Å². The third kappa shape index (κ3) is 3.76. The van der Waals surface area contributed by atoms with Gasteiger partial charge in [0, 0.05) is 13.1 Å². The fourth-order valence-corrected chi connectivity index (χ4v) is 5.38. The largest absolute Gasteiger partial charge is 0.481 e. The molecule has 2 aromatic carbocycles. The first-order chi connectivity index (χ1) is 14.8. The highest BCUT2D eigenvalue weighted by Gasteiger charge is 2.57.